The van der Waals surface area contributed by atoms with Gasteiger partial charge in [-0.15, -0.1) is 5.10 Å². The lowest BCUT2D eigenvalue weighted by Crippen LogP contribution is -2.23. The minimum absolute atomic E-state index is 0.348. The molecule has 0 saturated carbocycles. The summed E-state index contributed by atoms with van der Waals surface area (Å²) in [5.41, 5.74) is 0. The van der Waals surface area contributed by atoms with Crippen LogP contribution in [0.3, 0.4) is 0 Å². The Balaban J connectivity index is 2.26. The molecule has 7 nitrogen and oxygen atoms in total. The van der Waals surface area contributed by atoms with Crippen LogP contribution in [-0.4, -0.2) is 35.6 Å². The molecule has 0 aliphatic carbocycles. The van der Waals surface area contributed by atoms with E-state index in [2.05, 4.69) is 27.1 Å². The van der Waals surface area contributed by atoms with Crippen LogP contribution in [0.1, 0.15) is 38.3 Å². The first-order valence-corrected chi connectivity index (χ1v) is 6.10. The number of aromatic nitrogens is 6. The zero-order chi connectivity index (χ0) is 13.0. The Morgan fingerprint density at radius 2 is 2.22 bits per heavy atom. The molecule has 0 bridgehead atoms. The van der Waals surface area contributed by atoms with Crippen molar-refractivity contribution in [2.45, 2.75) is 39.5 Å². The summed E-state index contributed by atoms with van der Waals surface area (Å²) in [5, 5.41) is 8.05. The fraction of sp³-hybridized carbons (Fsp3) is 0.545. The largest absolute Gasteiger partial charge is 0.372 e. The molecule has 2 aromatic rings. The van der Waals surface area contributed by atoms with Crippen LogP contribution >= 0.6 is 0 Å². The predicted molar refractivity (Wildman–Crippen MR) is 64.2 cm³/mol. The quantitative estimate of drug-likeness (QED) is 0.814. The molecule has 0 atom stereocenters. The first-order valence-electron chi connectivity index (χ1n) is 6.10. The SMILES string of the molecule is CCCCc1nc(CC)n(C(=O)n2cncn2)n1. The molecule has 0 amide bonds. The number of carbonyl (C=O) groups excluding carboxylic acids is 1. The van der Waals surface area contributed by atoms with Gasteiger partial charge in [0.2, 0.25) is 0 Å². The summed E-state index contributed by atoms with van der Waals surface area (Å²) < 4.78 is 2.46. The third-order valence-corrected chi connectivity index (χ3v) is 2.58. The highest BCUT2D eigenvalue weighted by Gasteiger charge is 2.16. The van der Waals surface area contributed by atoms with Gasteiger partial charge >= 0.3 is 6.03 Å². The van der Waals surface area contributed by atoms with Gasteiger partial charge in [0.25, 0.3) is 0 Å². The van der Waals surface area contributed by atoms with Gasteiger partial charge in [0, 0.05) is 12.8 Å². The van der Waals surface area contributed by atoms with E-state index in [0.717, 1.165) is 23.9 Å². The Kier molecular flexibility index (Phi) is 3.81. The molecule has 0 radical (unpaired) electrons. The van der Waals surface area contributed by atoms with Crippen molar-refractivity contribution >= 4 is 6.03 Å². The maximum atomic E-state index is 12.1. The lowest BCUT2D eigenvalue weighted by molar-refractivity contribution is 0.237. The lowest BCUT2D eigenvalue weighted by Gasteiger charge is -2.00. The molecule has 7 heteroatoms. The Bertz CT molecular complexity index is 516. The van der Waals surface area contributed by atoms with Crippen LogP contribution in [0, 0.1) is 0 Å². The topological polar surface area (TPSA) is 78.5 Å². The number of carbonyl (C=O) groups is 1. The van der Waals surface area contributed by atoms with Crippen LogP contribution in [0.15, 0.2) is 12.7 Å². The summed E-state index contributed by atoms with van der Waals surface area (Å²) in [6, 6.07) is -0.348. The summed E-state index contributed by atoms with van der Waals surface area (Å²) >= 11 is 0. The van der Waals surface area contributed by atoms with Crippen LogP contribution in [0.2, 0.25) is 0 Å². The van der Waals surface area contributed by atoms with Crippen molar-refractivity contribution in [1.82, 2.24) is 29.5 Å². The van der Waals surface area contributed by atoms with Crippen LogP contribution in [-0.2, 0) is 12.8 Å². The van der Waals surface area contributed by atoms with Crippen molar-refractivity contribution in [2.24, 2.45) is 0 Å². The first kappa shape index (κ1) is 12.4. The van der Waals surface area contributed by atoms with Crippen molar-refractivity contribution in [3.05, 3.63) is 24.3 Å². The third kappa shape index (κ3) is 2.44. The average Bonchev–Trinajstić information content (AvgIpc) is 3.04. The molecule has 2 aromatic heterocycles. The maximum absolute atomic E-state index is 12.1. The van der Waals surface area contributed by atoms with E-state index in [-0.39, 0.29) is 6.03 Å². The smallest absolute Gasteiger partial charge is 0.243 e. The molecule has 0 aliphatic heterocycles. The van der Waals surface area contributed by atoms with E-state index < -0.39 is 0 Å². The van der Waals surface area contributed by atoms with Gasteiger partial charge in [0.05, 0.1) is 0 Å². The van der Waals surface area contributed by atoms with E-state index >= 15 is 0 Å². The summed E-state index contributed by atoms with van der Waals surface area (Å²) in [7, 11) is 0. The van der Waals surface area contributed by atoms with E-state index in [9.17, 15) is 4.79 Å². The predicted octanol–water partition coefficient (Wildman–Crippen LogP) is 1.29. The second-order valence-corrected chi connectivity index (χ2v) is 3.94. The zero-order valence-electron chi connectivity index (χ0n) is 10.6. The highest BCUT2D eigenvalue weighted by atomic mass is 16.2. The number of nitrogens with zero attached hydrogens (tertiary/aromatic N) is 6. The van der Waals surface area contributed by atoms with Crippen LogP contribution in [0.4, 0.5) is 4.79 Å². The maximum Gasteiger partial charge on any atom is 0.372 e. The van der Waals surface area contributed by atoms with E-state index in [1.165, 1.54) is 17.3 Å². The van der Waals surface area contributed by atoms with Crippen molar-refractivity contribution in [3.8, 4) is 0 Å². The molecule has 2 rings (SSSR count). The van der Waals surface area contributed by atoms with Crippen molar-refractivity contribution in [2.75, 3.05) is 0 Å². The molecule has 0 aromatic carbocycles. The van der Waals surface area contributed by atoms with E-state index in [4.69, 9.17) is 0 Å². The molecule has 2 heterocycles. The molecule has 96 valence electrons. The Morgan fingerprint density at radius 3 is 2.83 bits per heavy atom. The fourth-order valence-corrected chi connectivity index (χ4v) is 1.62. The molecule has 18 heavy (non-hydrogen) atoms. The van der Waals surface area contributed by atoms with E-state index in [1.54, 1.807) is 0 Å². The van der Waals surface area contributed by atoms with E-state index in [0.29, 0.717) is 18.1 Å². The fourth-order valence-electron chi connectivity index (χ4n) is 1.62. The van der Waals surface area contributed by atoms with Gasteiger partial charge in [-0.25, -0.2) is 14.8 Å². The molecule has 0 fully saturated rings. The highest BCUT2D eigenvalue weighted by Crippen LogP contribution is 2.04. The number of aryl methyl sites for hydroxylation is 2. The van der Waals surface area contributed by atoms with Gasteiger partial charge in [-0.05, 0) is 6.42 Å². The molecular formula is C11H16N6O. The molecule has 0 unspecified atom stereocenters. The monoisotopic (exact) mass is 248 g/mol. The summed E-state index contributed by atoms with van der Waals surface area (Å²) in [4.78, 5) is 20.2. The van der Waals surface area contributed by atoms with Gasteiger partial charge in [-0.1, -0.05) is 20.3 Å². The number of hydrogen-bond acceptors (Lipinski definition) is 5. The van der Waals surface area contributed by atoms with Crippen LogP contribution in [0.25, 0.3) is 0 Å². The van der Waals surface area contributed by atoms with Gasteiger partial charge in [0.1, 0.15) is 18.5 Å². The highest BCUT2D eigenvalue weighted by molar-refractivity contribution is 5.77. The summed E-state index contributed by atoms with van der Waals surface area (Å²) in [6.07, 6.45) is 6.21. The Hall–Kier alpha value is -2.05. The van der Waals surface area contributed by atoms with Gasteiger partial charge in [-0.2, -0.15) is 14.5 Å². The third-order valence-electron chi connectivity index (χ3n) is 2.58. The van der Waals surface area contributed by atoms with Crippen molar-refractivity contribution in [3.63, 3.8) is 0 Å². The molecule has 0 N–H and O–H groups in total. The molecule has 0 spiro atoms. The van der Waals surface area contributed by atoms with Crippen molar-refractivity contribution < 1.29 is 4.79 Å². The van der Waals surface area contributed by atoms with E-state index in [1.807, 2.05) is 6.92 Å². The normalized spacial score (nSPS) is 10.8. The average molecular weight is 248 g/mol. The first-order chi connectivity index (χ1) is 8.76. The zero-order valence-corrected chi connectivity index (χ0v) is 10.6. The second kappa shape index (κ2) is 5.52. The second-order valence-electron chi connectivity index (χ2n) is 3.94. The molecule has 0 saturated heterocycles. The Labute approximate surface area is 105 Å². The number of hydrogen-bond donors (Lipinski definition) is 0. The van der Waals surface area contributed by atoms with Crippen LogP contribution in [0.5, 0.6) is 0 Å². The summed E-state index contributed by atoms with van der Waals surface area (Å²) in [6.45, 7) is 4.05. The van der Waals surface area contributed by atoms with Crippen LogP contribution < -0.4 is 0 Å². The number of rotatable bonds is 4. The number of unbranched alkanes of at least 4 members (excludes halogenated alkanes) is 1. The molecular weight excluding hydrogens is 232 g/mol. The summed E-state index contributed by atoms with van der Waals surface area (Å²) in [5.74, 6) is 1.36. The van der Waals surface area contributed by atoms with Crippen molar-refractivity contribution in [1.29, 1.82) is 0 Å². The van der Waals surface area contributed by atoms with Gasteiger partial charge < -0.3 is 0 Å². The Morgan fingerprint density at radius 1 is 1.39 bits per heavy atom. The minimum atomic E-state index is -0.348. The lowest BCUT2D eigenvalue weighted by atomic mass is 10.2. The standard InChI is InChI=1S/C11H16N6O/c1-3-5-6-9-14-10(4-2)17(15-9)11(18)16-8-12-7-13-16/h7-8H,3-6H2,1-2H3. The van der Waals surface area contributed by atoms with Gasteiger partial charge in [0.15, 0.2) is 5.82 Å². The molecule has 0 aliphatic rings. The van der Waals surface area contributed by atoms with Gasteiger partial charge in [-0.3, -0.25) is 0 Å². The minimum Gasteiger partial charge on any atom is -0.243 e.